The van der Waals surface area contributed by atoms with Crippen LogP contribution in [0.5, 0.6) is 0 Å². The monoisotopic (exact) mass is 435 g/mol. The van der Waals surface area contributed by atoms with E-state index < -0.39 is 0 Å². The Morgan fingerprint density at radius 2 is 1.81 bits per heavy atom. The van der Waals surface area contributed by atoms with E-state index in [1.807, 2.05) is 32.2 Å². The van der Waals surface area contributed by atoms with E-state index in [2.05, 4.69) is 30.3 Å². The van der Waals surface area contributed by atoms with Gasteiger partial charge in [0.2, 0.25) is 5.91 Å². The molecule has 2 aromatic carbocycles. The van der Waals surface area contributed by atoms with E-state index in [0.717, 1.165) is 40.1 Å². The Hall–Kier alpha value is -3.59. The summed E-state index contributed by atoms with van der Waals surface area (Å²) in [6.07, 6.45) is 0. The number of likely N-dealkylation sites (N-methyl/N-ethyl adjacent to an activating group) is 2. The molecule has 9 heteroatoms. The van der Waals surface area contributed by atoms with Gasteiger partial charge in [0.15, 0.2) is 5.82 Å². The van der Waals surface area contributed by atoms with Crippen LogP contribution >= 0.6 is 0 Å². The average molecular weight is 436 g/mol. The van der Waals surface area contributed by atoms with Crippen molar-refractivity contribution in [3.8, 4) is 22.6 Å². The number of benzene rings is 2. The summed E-state index contributed by atoms with van der Waals surface area (Å²) in [7, 11) is 1.99. The molecule has 0 aliphatic carbocycles. The number of fused-ring (bicyclic) bond motifs is 1. The van der Waals surface area contributed by atoms with Gasteiger partial charge in [0, 0.05) is 43.1 Å². The second-order valence-corrected chi connectivity index (χ2v) is 7.80. The molecule has 0 aliphatic heterocycles. The van der Waals surface area contributed by atoms with Crippen LogP contribution < -0.4 is 0 Å². The molecule has 0 bridgehead atoms. The molecule has 4 rings (SSSR count). The van der Waals surface area contributed by atoms with E-state index >= 15 is 0 Å². The van der Waals surface area contributed by atoms with Crippen molar-refractivity contribution < 1.29 is 9.18 Å². The number of hydrogen-bond donors (Lipinski definition) is 2. The van der Waals surface area contributed by atoms with Gasteiger partial charge >= 0.3 is 0 Å². The number of carbonyl (C=O) groups is 1. The quantitative estimate of drug-likeness (QED) is 0.442. The molecule has 0 spiro atoms. The Kier molecular flexibility index (Phi) is 6.27. The Bertz CT molecular complexity index is 1210. The van der Waals surface area contributed by atoms with Crippen LogP contribution in [0.4, 0.5) is 4.39 Å². The van der Waals surface area contributed by atoms with Crippen LogP contribution in [-0.2, 0) is 11.3 Å². The van der Waals surface area contributed by atoms with Gasteiger partial charge in [-0.2, -0.15) is 5.10 Å². The van der Waals surface area contributed by atoms with Gasteiger partial charge in [-0.05, 0) is 56.4 Å². The topological polar surface area (TPSA) is 93.8 Å². The molecule has 0 atom stereocenters. The summed E-state index contributed by atoms with van der Waals surface area (Å²) < 4.78 is 13.3. The number of carbonyl (C=O) groups excluding carboxylic acids is 1. The number of halogens is 1. The number of H-pyrrole nitrogens is 2. The molecule has 0 fully saturated rings. The lowest BCUT2D eigenvalue weighted by atomic mass is 10.1. The molecule has 2 N–H and O–H groups in total. The zero-order chi connectivity index (χ0) is 22.7. The molecule has 8 nitrogen and oxygen atoms in total. The van der Waals surface area contributed by atoms with Gasteiger partial charge in [0.25, 0.3) is 0 Å². The molecule has 32 heavy (non-hydrogen) atoms. The first-order chi connectivity index (χ1) is 15.4. The van der Waals surface area contributed by atoms with Crippen molar-refractivity contribution in [3.05, 3.63) is 54.1 Å². The van der Waals surface area contributed by atoms with E-state index in [4.69, 9.17) is 0 Å². The maximum absolute atomic E-state index is 13.3. The summed E-state index contributed by atoms with van der Waals surface area (Å²) in [6.45, 7) is 6.27. The first-order valence-corrected chi connectivity index (χ1v) is 10.5. The molecule has 0 aliphatic rings. The van der Waals surface area contributed by atoms with Crippen LogP contribution in [0.1, 0.15) is 19.7 Å². The standard InChI is InChI=1S/C23H26FN7O/c1-4-31(15(2)32)12-11-30(3)14-21-25-23(29-27-21)17-7-10-20-19(13-17)22(28-26-20)16-5-8-18(24)9-6-16/h5-10,13H,4,11-12,14H2,1-3H3,(H,26,28)(H,25,27,29). The van der Waals surface area contributed by atoms with Crippen molar-refractivity contribution in [2.75, 3.05) is 26.7 Å². The first-order valence-electron chi connectivity index (χ1n) is 10.5. The molecular weight excluding hydrogens is 409 g/mol. The van der Waals surface area contributed by atoms with Gasteiger partial charge in [0.05, 0.1) is 17.8 Å². The van der Waals surface area contributed by atoms with Gasteiger partial charge in [-0.3, -0.25) is 14.8 Å². The fourth-order valence-corrected chi connectivity index (χ4v) is 3.65. The van der Waals surface area contributed by atoms with Gasteiger partial charge in [0.1, 0.15) is 11.6 Å². The average Bonchev–Trinajstić information content (AvgIpc) is 3.41. The Morgan fingerprint density at radius 1 is 1.06 bits per heavy atom. The Labute approximate surface area is 185 Å². The molecule has 0 saturated heterocycles. The van der Waals surface area contributed by atoms with E-state index in [0.29, 0.717) is 25.5 Å². The predicted molar refractivity (Wildman–Crippen MR) is 121 cm³/mol. The predicted octanol–water partition coefficient (Wildman–Crippen LogP) is 3.45. The third-order valence-corrected chi connectivity index (χ3v) is 5.49. The van der Waals surface area contributed by atoms with Crippen LogP contribution in [0.15, 0.2) is 42.5 Å². The van der Waals surface area contributed by atoms with Crippen molar-refractivity contribution in [3.63, 3.8) is 0 Å². The Morgan fingerprint density at radius 3 is 2.53 bits per heavy atom. The first kappa shape index (κ1) is 21.6. The van der Waals surface area contributed by atoms with Crippen molar-refractivity contribution in [2.45, 2.75) is 20.4 Å². The molecular formula is C23H26FN7O. The second-order valence-electron chi connectivity index (χ2n) is 7.80. The smallest absolute Gasteiger partial charge is 0.219 e. The second kappa shape index (κ2) is 9.27. The highest BCUT2D eigenvalue weighted by Gasteiger charge is 2.13. The Balaban J connectivity index is 1.50. The third-order valence-electron chi connectivity index (χ3n) is 5.49. The maximum Gasteiger partial charge on any atom is 0.219 e. The van der Waals surface area contributed by atoms with E-state index in [1.54, 1.807) is 24.0 Å². The van der Waals surface area contributed by atoms with Gasteiger partial charge in [-0.1, -0.05) is 0 Å². The molecule has 0 radical (unpaired) electrons. The minimum atomic E-state index is -0.280. The largest absolute Gasteiger partial charge is 0.342 e. The minimum Gasteiger partial charge on any atom is -0.342 e. The highest BCUT2D eigenvalue weighted by atomic mass is 19.1. The third kappa shape index (κ3) is 4.67. The maximum atomic E-state index is 13.3. The minimum absolute atomic E-state index is 0.0810. The lowest BCUT2D eigenvalue weighted by Crippen LogP contribution is -2.36. The number of nitrogens with zero attached hydrogens (tertiary/aromatic N) is 5. The summed E-state index contributed by atoms with van der Waals surface area (Å²) in [5.41, 5.74) is 3.37. The SMILES string of the molecule is CCN(CCN(C)Cc1nnc(-c2ccc3[nH]nc(-c4ccc(F)cc4)c3c2)[nH]1)C(C)=O. The number of aromatic amines is 2. The van der Waals surface area contributed by atoms with Crippen molar-refractivity contribution in [1.29, 1.82) is 0 Å². The summed E-state index contributed by atoms with van der Waals surface area (Å²) in [5, 5.41) is 16.9. The van der Waals surface area contributed by atoms with Crippen LogP contribution in [0.2, 0.25) is 0 Å². The van der Waals surface area contributed by atoms with E-state index in [9.17, 15) is 9.18 Å². The van der Waals surface area contributed by atoms with Crippen molar-refractivity contribution in [1.82, 2.24) is 35.2 Å². The van der Waals surface area contributed by atoms with Gasteiger partial charge < -0.3 is 9.88 Å². The van der Waals surface area contributed by atoms with E-state index in [1.165, 1.54) is 12.1 Å². The lowest BCUT2D eigenvalue weighted by Gasteiger charge is -2.22. The summed E-state index contributed by atoms with van der Waals surface area (Å²) >= 11 is 0. The van der Waals surface area contributed by atoms with Crippen LogP contribution in [-0.4, -0.2) is 67.8 Å². The van der Waals surface area contributed by atoms with Gasteiger partial charge in [-0.25, -0.2) is 4.39 Å². The number of aromatic nitrogens is 5. The summed E-state index contributed by atoms with van der Waals surface area (Å²) in [4.78, 5) is 18.8. The number of rotatable bonds is 8. The van der Waals surface area contributed by atoms with Crippen LogP contribution in [0.3, 0.4) is 0 Å². The zero-order valence-corrected chi connectivity index (χ0v) is 18.4. The summed E-state index contributed by atoms with van der Waals surface area (Å²) in [6, 6.07) is 12.2. The lowest BCUT2D eigenvalue weighted by molar-refractivity contribution is -0.128. The molecule has 2 heterocycles. The fraction of sp³-hybridized carbons (Fsp3) is 0.304. The summed E-state index contributed by atoms with van der Waals surface area (Å²) in [5.74, 6) is 1.22. The number of hydrogen-bond acceptors (Lipinski definition) is 5. The molecule has 2 aromatic heterocycles. The number of amides is 1. The molecule has 1 amide bonds. The fourth-order valence-electron chi connectivity index (χ4n) is 3.65. The zero-order valence-electron chi connectivity index (χ0n) is 18.4. The molecule has 0 unspecified atom stereocenters. The van der Waals surface area contributed by atoms with Gasteiger partial charge in [-0.15, -0.1) is 10.2 Å². The molecule has 166 valence electrons. The van der Waals surface area contributed by atoms with Crippen LogP contribution in [0, 0.1) is 5.82 Å². The normalized spacial score (nSPS) is 11.4. The van der Waals surface area contributed by atoms with Crippen LogP contribution in [0.25, 0.3) is 33.5 Å². The molecule has 4 aromatic rings. The highest BCUT2D eigenvalue weighted by molar-refractivity contribution is 5.95. The number of nitrogens with one attached hydrogen (secondary N) is 2. The van der Waals surface area contributed by atoms with E-state index in [-0.39, 0.29) is 11.7 Å². The highest BCUT2D eigenvalue weighted by Crippen LogP contribution is 2.29. The molecule has 0 saturated carbocycles. The van der Waals surface area contributed by atoms with Crippen molar-refractivity contribution >= 4 is 16.8 Å². The van der Waals surface area contributed by atoms with Crippen molar-refractivity contribution in [2.24, 2.45) is 0 Å².